The highest BCUT2D eigenvalue weighted by atomic mass is 79.9. The van der Waals surface area contributed by atoms with Gasteiger partial charge in [-0.3, -0.25) is 4.79 Å². The molecule has 0 radical (unpaired) electrons. The number of nitrogens with one attached hydrogen (secondary N) is 1. The van der Waals surface area contributed by atoms with Gasteiger partial charge in [0.2, 0.25) is 0 Å². The Morgan fingerprint density at radius 2 is 2.04 bits per heavy atom. The van der Waals surface area contributed by atoms with E-state index in [0.717, 1.165) is 5.56 Å². The van der Waals surface area contributed by atoms with Crippen molar-refractivity contribution in [3.8, 4) is 11.5 Å². The number of halogens is 2. The molecule has 6 heteroatoms. The van der Waals surface area contributed by atoms with E-state index >= 15 is 0 Å². The van der Waals surface area contributed by atoms with E-state index in [2.05, 4.69) is 21.2 Å². The zero-order valence-electron chi connectivity index (χ0n) is 13.1. The minimum absolute atomic E-state index is 0.238. The van der Waals surface area contributed by atoms with E-state index in [-0.39, 0.29) is 5.91 Å². The standard InChI is InChI=1S/C17H17BrClNO3/c1-4-23-16-13(18)8-11(9-15(16)22-3)17(21)20-14-6-5-12(19)7-10(14)2/h5-9H,4H2,1-3H3,(H,20,21). The van der Waals surface area contributed by atoms with Crippen molar-refractivity contribution in [3.05, 3.63) is 51.0 Å². The average Bonchev–Trinajstić information content (AvgIpc) is 2.51. The summed E-state index contributed by atoms with van der Waals surface area (Å²) >= 11 is 9.34. The molecule has 2 rings (SSSR count). The fraction of sp³-hybridized carbons (Fsp3) is 0.235. The summed E-state index contributed by atoms with van der Waals surface area (Å²) in [6.07, 6.45) is 0. The predicted octanol–water partition coefficient (Wildman–Crippen LogP) is 5.07. The van der Waals surface area contributed by atoms with Crippen molar-refractivity contribution in [1.29, 1.82) is 0 Å². The predicted molar refractivity (Wildman–Crippen MR) is 96.0 cm³/mol. The van der Waals surface area contributed by atoms with Gasteiger partial charge in [0, 0.05) is 16.3 Å². The zero-order valence-corrected chi connectivity index (χ0v) is 15.4. The third kappa shape index (κ3) is 4.18. The Balaban J connectivity index is 2.30. The Labute approximate surface area is 148 Å². The molecule has 0 unspecified atom stereocenters. The molecule has 23 heavy (non-hydrogen) atoms. The lowest BCUT2D eigenvalue weighted by Gasteiger charge is -2.14. The molecule has 0 aliphatic rings. The van der Waals surface area contributed by atoms with Gasteiger partial charge in [0.1, 0.15) is 0 Å². The summed E-state index contributed by atoms with van der Waals surface area (Å²) in [6.45, 7) is 4.27. The molecule has 0 saturated heterocycles. The summed E-state index contributed by atoms with van der Waals surface area (Å²) in [6, 6.07) is 8.66. The first-order valence-electron chi connectivity index (χ1n) is 7.04. The number of hydrogen-bond donors (Lipinski definition) is 1. The van der Waals surface area contributed by atoms with Crippen LogP contribution in [0.2, 0.25) is 5.02 Å². The number of hydrogen-bond acceptors (Lipinski definition) is 3. The summed E-state index contributed by atoms with van der Waals surface area (Å²) in [5.74, 6) is 0.839. The van der Waals surface area contributed by atoms with E-state index in [4.69, 9.17) is 21.1 Å². The molecule has 0 spiro atoms. The molecule has 122 valence electrons. The van der Waals surface area contributed by atoms with Crippen molar-refractivity contribution in [2.45, 2.75) is 13.8 Å². The van der Waals surface area contributed by atoms with Gasteiger partial charge in [-0.15, -0.1) is 0 Å². The Hall–Kier alpha value is -1.72. The van der Waals surface area contributed by atoms with Gasteiger partial charge in [-0.2, -0.15) is 0 Å². The van der Waals surface area contributed by atoms with Gasteiger partial charge in [0.05, 0.1) is 18.2 Å². The number of benzene rings is 2. The maximum absolute atomic E-state index is 12.5. The molecule has 2 aromatic carbocycles. The number of carbonyl (C=O) groups is 1. The minimum atomic E-state index is -0.238. The topological polar surface area (TPSA) is 47.6 Å². The third-order valence-electron chi connectivity index (χ3n) is 3.22. The fourth-order valence-corrected chi connectivity index (χ4v) is 2.88. The van der Waals surface area contributed by atoms with Crippen LogP contribution in [0.4, 0.5) is 5.69 Å². The number of amides is 1. The minimum Gasteiger partial charge on any atom is -0.493 e. The third-order valence-corrected chi connectivity index (χ3v) is 4.04. The van der Waals surface area contributed by atoms with Gasteiger partial charge in [-0.1, -0.05) is 11.6 Å². The first-order chi connectivity index (χ1) is 11.0. The number of rotatable bonds is 5. The molecule has 4 nitrogen and oxygen atoms in total. The molecule has 0 heterocycles. The van der Waals surface area contributed by atoms with Gasteiger partial charge in [-0.05, 0) is 65.7 Å². The molecule has 0 aliphatic carbocycles. The smallest absolute Gasteiger partial charge is 0.255 e. The normalized spacial score (nSPS) is 10.3. The Kier molecular flexibility index (Phi) is 5.91. The molecule has 1 amide bonds. The number of aryl methyl sites for hydroxylation is 1. The summed E-state index contributed by atoms with van der Waals surface area (Å²) in [5, 5.41) is 3.50. The van der Waals surface area contributed by atoms with Crippen molar-refractivity contribution >= 4 is 39.1 Å². The lowest BCUT2D eigenvalue weighted by molar-refractivity contribution is 0.102. The molecular weight excluding hydrogens is 382 g/mol. The summed E-state index contributed by atoms with van der Waals surface area (Å²) in [5.41, 5.74) is 2.07. The van der Waals surface area contributed by atoms with E-state index < -0.39 is 0 Å². The Morgan fingerprint density at radius 3 is 2.65 bits per heavy atom. The van der Waals surface area contributed by atoms with Crippen molar-refractivity contribution in [2.24, 2.45) is 0 Å². The summed E-state index contributed by atoms with van der Waals surface area (Å²) in [4.78, 5) is 12.5. The second kappa shape index (κ2) is 7.70. The van der Waals surface area contributed by atoms with Crippen LogP contribution in [-0.2, 0) is 0 Å². The van der Waals surface area contributed by atoms with Crippen molar-refractivity contribution < 1.29 is 14.3 Å². The molecule has 1 N–H and O–H groups in total. The van der Waals surface area contributed by atoms with Crippen LogP contribution in [0.25, 0.3) is 0 Å². The van der Waals surface area contributed by atoms with Crippen LogP contribution in [0, 0.1) is 6.92 Å². The van der Waals surface area contributed by atoms with Gasteiger partial charge < -0.3 is 14.8 Å². The van der Waals surface area contributed by atoms with Crippen LogP contribution in [0.3, 0.4) is 0 Å². The van der Waals surface area contributed by atoms with Gasteiger partial charge in [0.15, 0.2) is 11.5 Å². The first-order valence-corrected chi connectivity index (χ1v) is 8.21. The van der Waals surface area contributed by atoms with E-state index in [1.165, 1.54) is 7.11 Å². The van der Waals surface area contributed by atoms with Crippen LogP contribution in [0.1, 0.15) is 22.8 Å². The van der Waals surface area contributed by atoms with Crippen LogP contribution in [0.5, 0.6) is 11.5 Å². The molecular formula is C17H17BrClNO3. The maximum Gasteiger partial charge on any atom is 0.255 e. The van der Waals surface area contributed by atoms with Crippen molar-refractivity contribution in [2.75, 3.05) is 19.0 Å². The zero-order chi connectivity index (χ0) is 17.0. The highest BCUT2D eigenvalue weighted by Gasteiger charge is 2.16. The number of carbonyl (C=O) groups excluding carboxylic acids is 1. The van der Waals surface area contributed by atoms with E-state index in [9.17, 15) is 4.79 Å². The van der Waals surface area contributed by atoms with Gasteiger partial charge in [-0.25, -0.2) is 0 Å². The lowest BCUT2D eigenvalue weighted by atomic mass is 10.1. The summed E-state index contributed by atoms with van der Waals surface area (Å²) < 4.78 is 11.5. The van der Waals surface area contributed by atoms with Crippen LogP contribution in [0.15, 0.2) is 34.8 Å². The van der Waals surface area contributed by atoms with Crippen LogP contribution in [-0.4, -0.2) is 19.6 Å². The summed E-state index contributed by atoms with van der Waals surface area (Å²) in [7, 11) is 1.54. The second-order valence-corrected chi connectivity index (χ2v) is 6.13. The van der Waals surface area contributed by atoms with Crippen LogP contribution >= 0.6 is 27.5 Å². The van der Waals surface area contributed by atoms with Crippen molar-refractivity contribution in [3.63, 3.8) is 0 Å². The number of anilines is 1. The molecule has 0 aromatic heterocycles. The number of methoxy groups -OCH3 is 1. The molecule has 0 fully saturated rings. The van der Waals surface area contributed by atoms with E-state index in [1.807, 2.05) is 13.8 Å². The fourth-order valence-electron chi connectivity index (χ4n) is 2.10. The molecule has 0 atom stereocenters. The average molecular weight is 399 g/mol. The SMILES string of the molecule is CCOc1c(Br)cc(C(=O)Nc2ccc(Cl)cc2C)cc1OC. The molecule has 0 aliphatic heterocycles. The Bertz CT molecular complexity index is 734. The lowest BCUT2D eigenvalue weighted by Crippen LogP contribution is -2.13. The molecule has 0 saturated carbocycles. The molecule has 2 aromatic rings. The quantitative estimate of drug-likeness (QED) is 0.765. The maximum atomic E-state index is 12.5. The highest BCUT2D eigenvalue weighted by molar-refractivity contribution is 9.10. The molecule has 0 bridgehead atoms. The second-order valence-electron chi connectivity index (χ2n) is 4.84. The largest absolute Gasteiger partial charge is 0.493 e. The number of ether oxygens (including phenoxy) is 2. The van der Waals surface area contributed by atoms with Crippen molar-refractivity contribution in [1.82, 2.24) is 0 Å². The van der Waals surface area contributed by atoms with Gasteiger partial charge in [0.25, 0.3) is 5.91 Å². The monoisotopic (exact) mass is 397 g/mol. The van der Waals surface area contributed by atoms with Gasteiger partial charge >= 0.3 is 0 Å². The van der Waals surface area contributed by atoms with Crippen LogP contribution < -0.4 is 14.8 Å². The highest BCUT2D eigenvalue weighted by Crippen LogP contribution is 2.37. The van der Waals surface area contributed by atoms with E-state index in [1.54, 1.807) is 30.3 Å². The first kappa shape index (κ1) is 17.6. The Morgan fingerprint density at radius 1 is 1.30 bits per heavy atom. The van der Waals surface area contributed by atoms with E-state index in [0.29, 0.717) is 38.9 Å².